The number of carbonyl (C=O) groups excluding carboxylic acids is 1. The van der Waals surface area contributed by atoms with Crippen LogP contribution in [0.2, 0.25) is 0 Å². The minimum Gasteiger partial charge on any atom is -0.379 e. The van der Waals surface area contributed by atoms with Crippen LogP contribution in [0.3, 0.4) is 0 Å². The molecule has 1 saturated heterocycles. The second-order valence-corrected chi connectivity index (χ2v) is 5.95. The summed E-state index contributed by atoms with van der Waals surface area (Å²) in [5.74, 6) is 0.0680. The van der Waals surface area contributed by atoms with Crippen LogP contribution in [0.1, 0.15) is 30.9 Å². The van der Waals surface area contributed by atoms with Gasteiger partial charge in [0, 0.05) is 38.6 Å². The van der Waals surface area contributed by atoms with Gasteiger partial charge >= 0.3 is 0 Å². The summed E-state index contributed by atoms with van der Waals surface area (Å²) >= 11 is 0. The van der Waals surface area contributed by atoms with Crippen LogP contribution in [-0.2, 0) is 22.6 Å². The molecule has 5 nitrogen and oxygen atoms in total. The van der Waals surface area contributed by atoms with Crippen LogP contribution in [0, 0.1) is 0 Å². The number of amides is 1. The number of nitrogens with one attached hydrogen (secondary N) is 1. The van der Waals surface area contributed by atoms with Gasteiger partial charge in [0.15, 0.2) is 0 Å². The second-order valence-electron chi connectivity index (χ2n) is 5.95. The Morgan fingerprint density at radius 3 is 2.68 bits per heavy atom. The maximum Gasteiger partial charge on any atom is 0.220 e. The van der Waals surface area contributed by atoms with Gasteiger partial charge in [-0.15, -0.1) is 0 Å². The zero-order chi connectivity index (χ0) is 15.8. The number of nitrogens with two attached hydrogens (primary N) is 1. The van der Waals surface area contributed by atoms with Crippen LogP contribution in [0.25, 0.3) is 0 Å². The number of hydrogen-bond donors (Lipinski definition) is 2. The molecule has 1 unspecified atom stereocenters. The average Bonchev–Trinajstić information content (AvgIpc) is 2.53. The molecule has 3 N–H and O–H groups in total. The maximum atomic E-state index is 11.8. The molecule has 122 valence electrons. The van der Waals surface area contributed by atoms with Crippen molar-refractivity contribution in [1.29, 1.82) is 0 Å². The third-order valence-corrected chi connectivity index (χ3v) is 3.92. The van der Waals surface area contributed by atoms with Crippen molar-refractivity contribution in [3.8, 4) is 0 Å². The Balaban J connectivity index is 1.86. The zero-order valence-electron chi connectivity index (χ0n) is 13.4. The molecule has 1 aliphatic rings. The van der Waals surface area contributed by atoms with E-state index in [2.05, 4.69) is 28.4 Å². The van der Waals surface area contributed by atoms with Gasteiger partial charge < -0.3 is 15.8 Å². The van der Waals surface area contributed by atoms with E-state index in [1.165, 1.54) is 11.1 Å². The van der Waals surface area contributed by atoms with E-state index >= 15 is 0 Å². The Hall–Kier alpha value is -1.43. The molecule has 0 bridgehead atoms. The van der Waals surface area contributed by atoms with Crippen molar-refractivity contribution in [2.24, 2.45) is 5.73 Å². The van der Waals surface area contributed by atoms with E-state index < -0.39 is 0 Å². The molecule has 2 rings (SSSR count). The maximum absolute atomic E-state index is 11.8. The molecule has 1 amide bonds. The zero-order valence-corrected chi connectivity index (χ0v) is 13.4. The Bertz CT molecular complexity index is 471. The number of nitrogens with zero attached hydrogens (tertiary/aromatic N) is 1. The summed E-state index contributed by atoms with van der Waals surface area (Å²) in [5.41, 5.74) is 8.14. The summed E-state index contributed by atoms with van der Waals surface area (Å²) in [6.07, 6.45) is 1.21. The lowest BCUT2D eigenvalue weighted by molar-refractivity contribution is -0.121. The topological polar surface area (TPSA) is 67.6 Å². The van der Waals surface area contributed by atoms with E-state index in [4.69, 9.17) is 10.5 Å². The summed E-state index contributed by atoms with van der Waals surface area (Å²) in [6, 6.07) is 8.36. The van der Waals surface area contributed by atoms with E-state index in [1.807, 2.05) is 13.0 Å². The molecule has 1 atom stereocenters. The lowest BCUT2D eigenvalue weighted by atomic mass is 10.1. The first kappa shape index (κ1) is 16.9. The van der Waals surface area contributed by atoms with Crippen molar-refractivity contribution >= 4 is 5.91 Å². The molecule has 1 aliphatic heterocycles. The fourth-order valence-electron chi connectivity index (χ4n) is 2.53. The number of carbonyl (C=O) groups is 1. The lowest BCUT2D eigenvalue weighted by Crippen LogP contribution is -2.36. The van der Waals surface area contributed by atoms with Crippen molar-refractivity contribution in [1.82, 2.24) is 10.2 Å². The number of benzene rings is 1. The number of hydrogen-bond acceptors (Lipinski definition) is 4. The van der Waals surface area contributed by atoms with Gasteiger partial charge in [-0.2, -0.15) is 0 Å². The normalized spacial score (nSPS) is 17.2. The van der Waals surface area contributed by atoms with E-state index in [9.17, 15) is 4.79 Å². The standard InChI is InChI=1S/C17H27N3O2/c1-14(18)6-7-17(21)19-12-15-4-2-3-5-16(15)13-20-8-10-22-11-9-20/h2-5,14H,6-13,18H2,1H3,(H,19,21). The Labute approximate surface area is 132 Å². The average molecular weight is 305 g/mol. The van der Waals surface area contributed by atoms with Crippen LogP contribution in [-0.4, -0.2) is 43.2 Å². The molecular formula is C17H27N3O2. The first-order valence-corrected chi connectivity index (χ1v) is 8.04. The minimum absolute atomic E-state index is 0.0680. The van der Waals surface area contributed by atoms with Gasteiger partial charge in [-0.25, -0.2) is 0 Å². The molecular weight excluding hydrogens is 278 g/mol. The minimum atomic E-state index is 0.0680. The van der Waals surface area contributed by atoms with Crippen LogP contribution < -0.4 is 11.1 Å². The van der Waals surface area contributed by atoms with Crippen LogP contribution in [0.5, 0.6) is 0 Å². The number of rotatable bonds is 7. The van der Waals surface area contributed by atoms with Crippen LogP contribution in [0.15, 0.2) is 24.3 Å². The largest absolute Gasteiger partial charge is 0.379 e. The predicted molar refractivity (Wildman–Crippen MR) is 87.3 cm³/mol. The van der Waals surface area contributed by atoms with Crippen molar-refractivity contribution in [3.63, 3.8) is 0 Å². The van der Waals surface area contributed by atoms with Crippen molar-refractivity contribution < 1.29 is 9.53 Å². The fraction of sp³-hybridized carbons (Fsp3) is 0.588. The molecule has 1 aromatic carbocycles. The molecule has 5 heteroatoms. The molecule has 1 fully saturated rings. The lowest BCUT2D eigenvalue weighted by Gasteiger charge is -2.27. The van der Waals surface area contributed by atoms with Gasteiger partial charge in [-0.3, -0.25) is 9.69 Å². The first-order chi connectivity index (χ1) is 10.6. The van der Waals surface area contributed by atoms with E-state index in [-0.39, 0.29) is 11.9 Å². The summed E-state index contributed by atoms with van der Waals surface area (Å²) < 4.78 is 5.38. The van der Waals surface area contributed by atoms with Gasteiger partial charge in [0.05, 0.1) is 13.2 Å². The summed E-state index contributed by atoms with van der Waals surface area (Å²) in [4.78, 5) is 14.2. The Kier molecular flexibility index (Phi) is 6.83. The summed E-state index contributed by atoms with van der Waals surface area (Å²) in [6.45, 7) is 6.95. The summed E-state index contributed by atoms with van der Waals surface area (Å²) in [5, 5.41) is 2.99. The summed E-state index contributed by atoms with van der Waals surface area (Å²) in [7, 11) is 0. The van der Waals surface area contributed by atoms with Crippen molar-refractivity contribution in [2.75, 3.05) is 26.3 Å². The van der Waals surface area contributed by atoms with Crippen LogP contribution in [0.4, 0.5) is 0 Å². The third kappa shape index (κ3) is 5.75. The highest BCUT2D eigenvalue weighted by molar-refractivity contribution is 5.75. The van der Waals surface area contributed by atoms with Crippen LogP contribution >= 0.6 is 0 Å². The van der Waals surface area contributed by atoms with Gasteiger partial charge in [0.2, 0.25) is 5.91 Å². The van der Waals surface area contributed by atoms with Gasteiger partial charge in [-0.05, 0) is 24.5 Å². The smallest absolute Gasteiger partial charge is 0.220 e. The molecule has 22 heavy (non-hydrogen) atoms. The van der Waals surface area contributed by atoms with Gasteiger partial charge in [-0.1, -0.05) is 24.3 Å². The quantitative estimate of drug-likeness (QED) is 0.796. The monoisotopic (exact) mass is 305 g/mol. The third-order valence-electron chi connectivity index (χ3n) is 3.92. The Morgan fingerprint density at radius 1 is 1.32 bits per heavy atom. The predicted octanol–water partition coefficient (Wildman–Crippen LogP) is 1.26. The highest BCUT2D eigenvalue weighted by atomic mass is 16.5. The van der Waals surface area contributed by atoms with E-state index in [1.54, 1.807) is 0 Å². The molecule has 1 heterocycles. The van der Waals surface area contributed by atoms with E-state index in [0.717, 1.165) is 39.3 Å². The molecule has 0 aromatic heterocycles. The van der Waals surface area contributed by atoms with Crippen molar-refractivity contribution in [2.45, 2.75) is 38.9 Å². The first-order valence-electron chi connectivity index (χ1n) is 8.04. The molecule has 0 aliphatic carbocycles. The molecule has 1 aromatic rings. The second kappa shape index (κ2) is 8.88. The fourth-order valence-corrected chi connectivity index (χ4v) is 2.53. The van der Waals surface area contributed by atoms with Gasteiger partial charge in [0.1, 0.15) is 0 Å². The van der Waals surface area contributed by atoms with E-state index in [0.29, 0.717) is 13.0 Å². The Morgan fingerprint density at radius 2 is 2.00 bits per heavy atom. The SMILES string of the molecule is CC(N)CCC(=O)NCc1ccccc1CN1CCOCC1. The van der Waals surface area contributed by atoms with Crippen molar-refractivity contribution in [3.05, 3.63) is 35.4 Å². The number of morpholine rings is 1. The molecule has 0 radical (unpaired) electrons. The highest BCUT2D eigenvalue weighted by Crippen LogP contribution is 2.13. The van der Waals surface area contributed by atoms with Gasteiger partial charge in [0.25, 0.3) is 0 Å². The number of ether oxygens (including phenoxy) is 1. The molecule has 0 spiro atoms. The highest BCUT2D eigenvalue weighted by Gasteiger charge is 2.13. The molecule has 0 saturated carbocycles.